The number of rotatable bonds is 9. The van der Waals surface area contributed by atoms with Crippen molar-refractivity contribution in [1.29, 1.82) is 0 Å². The maximum absolute atomic E-state index is 12.0. The van der Waals surface area contributed by atoms with Gasteiger partial charge in [0.25, 0.3) is 0 Å². The van der Waals surface area contributed by atoms with Gasteiger partial charge in [-0.25, -0.2) is 0 Å². The Hall–Kier alpha value is -1.88. The number of amides is 1. The molecule has 116 valence electrons. The first kappa shape index (κ1) is 17.2. The quantitative estimate of drug-likeness (QED) is 0.651. The Morgan fingerprint density at radius 1 is 1.29 bits per heavy atom. The highest BCUT2D eigenvalue weighted by Gasteiger charge is 2.11. The second-order valence-corrected chi connectivity index (χ2v) is 5.17. The zero-order chi connectivity index (χ0) is 15.7. The molecule has 0 aliphatic heterocycles. The first-order chi connectivity index (χ1) is 10.1. The fourth-order valence-corrected chi connectivity index (χ4v) is 2.30. The van der Waals surface area contributed by atoms with Gasteiger partial charge in [-0.2, -0.15) is 0 Å². The van der Waals surface area contributed by atoms with E-state index in [0.717, 1.165) is 19.3 Å². The molecular weight excluding hydrogens is 268 g/mol. The lowest BCUT2D eigenvalue weighted by atomic mass is 9.96. The molecule has 4 N–H and O–H groups in total. The van der Waals surface area contributed by atoms with E-state index in [2.05, 4.69) is 12.2 Å². The summed E-state index contributed by atoms with van der Waals surface area (Å²) in [5.41, 5.74) is 6.74. The molecule has 1 atom stereocenters. The van der Waals surface area contributed by atoms with E-state index in [4.69, 9.17) is 10.8 Å². The predicted molar refractivity (Wildman–Crippen MR) is 83.1 cm³/mol. The summed E-state index contributed by atoms with van der Waals surface area (Å²) >= 11 is 0. The molecule has 0 spiro atoms. The van der Waals surface area contributed by atoms with Crippen LogP contribution in [0.25, 0.3) is 0 Å². The van der Waals surface area contributed by atoms with Crippen LogP contribution in [-0.2, 0) is 16.0 Å². The molecule has 1 amide bonds. The van der Waals surface area contributed by atoms with Crippen LogP contribution in [0.1, 0.15) is 38.2 Å². The first-order valence-electron chi connectivity index (χ1n) is 7.36. The summed E-state index contributed by atoms with van der Waals surface area (Å²) in [5.74, 6) is -0.524. The van der Waals surface area contributed by atoms with Crippen LogP contribution in [0.3, 0.4) is 0 Å². The van der Waals surface area contributed by atoms with E-state index < -0.39 is 5.97 Å². The van der Waals surface area contributed by atoms with Gasteiger partial charge in [-0.1, -0.05) is 31.5 Å². The van der Waals surface area contributed by atoms with Crippen molar-refractivity contribution in [2.45, 2.75) is 39.0 Å². The van der Waals surface area contributed by atoms with Gasteiger partial charge in [0, 0.05) is 12.1 Å². The molecule has 0 aliphatic rings. The van der Waals surface area contributed by atoms with Crippen molar-refractivity contribution in [2.24, 2.45) is 11.7 Å². The topological polar surface area (TPSA) is 92.4 Å². The van der Waals surface area contributed by atoms with E-state index in [-0.39, 0.29) is 12.3 Å². The number of anilines is 1. The molecule has 0 bridgehead atoms. The number of carboxylic acid groups (broad SMARTS) is 1. The fourth-order valence-electron chi connectivity index (χ4n) is 2.30. The van der Waals surface area contributed by atoms with Crippen molar-refractivity contribution in [1.82, 2.24) is 0 Å². The van der Waals surface area contributed by atoms with Crippen LogP contribution < -0.4 is 11.1 Å². The van der Waals surface area contributed by atoms with Crippen LogP contribution in [-0.4, -0.2) is 23.5 Å². The maximum Gasteiger partial charge on any atom is 0.307 e. The van der Waals surface area contributed by atoms with E-state index in [9.17, 15) is 9.59 Å². The zero-order valence-electron chi connectivity index (χ0n) is 12.5. The molecule has 1 aromatic rings. The van der Waals surface area contributed by atoms with Crippen LogP contribution in [0.2, 0.25) is 0 Å². The van der Waals surface area contributed by atoms with Crippen molar-refractivity contribution in [3.63, 3.8) is 0 Å². The highest BCUT2D eigenvalue weighted by molar-refractivity contribution is 5.92. The van der Waals surface area contributed by atoms with Gasteiger partial charge in [-0.05, 0) is 36.9 Å². The number of aliphatic carboxylic acids is 1. The first-order valence-corrected chi connectivity index (χ1v) is 7.36. The van der Waals surface area contributed by atoms with Crippen LogP contribution in [0.4, 0.5) is 5.69 Å². The number of carbonyl (C=O) groups excluding carboxylic acids is 1. The van der Waals surface area contributed by atoms with Gasteiger partial charge < -0.3 is 16.2 Å². The third-order valence-corrected chi connectivity index (χ3v) is 3.57. The number of para-hydroxylation sites is 1. The monoisotopic (exact) mass is 292 g/mol. The Labute approximate surface area is 125 Å². The highest BCUT2D eigenvalue weighted by Crippen LogP contribution is 2.18. The van der Waals surface area contributed by atoms with Crippen molar-refractivity contribution in [2.75, 3.05) is 11.9 Å². The van der Waals surface area contributed by atoms with E-state index in [1.807, 2.05) is 0 Å². The van der Waals surface area contributed by atoms with Crippen LogP contribution in [0, 0.1) is 5.92 Å². The lowest BCUT2D eigenvalue weighted by molar-refractivity contribution is -0.136. The molecule has 0 aromatic heterocycles. The molecule has 0 aliphatic carbocycles. The molecule has 5 heteroatoms. The van der Waals surface area contributed by atoms with Crippen LogP contribution in [0.5, 0.6) is 0 Å². The number of carboxylic acids is 1. The predicted octanol–water partition coefficient (Wildman–Crippen LogP) is 2.41. The molecule has 0 heterocycles. The molecule has 0 fully saturated rings. The summed E-state index contributed by atoms with van der Waals surface area (Å²) in [6.07, 6.45) is 3.08. The number of nitrogens with one attached hydrogen (secondary N) is 1. The second-order valence-electron chi connectivity index (χ2n) is 5.17. The Morgan fingerprint density at radius 3 is 2.62 bits per heavy atom. The lowest BCUT2D eigenvalue weighted by Gasteiger charge is -2.14. The number of hydrogen-bond acceptors (Lipinski definition) is 3. The van der Waals surface area contributed by atoms with E-state index >= 15 is 0 Å². The van der Waals surface area contributed by atoms with Crippen LogP contribution in [0.15, 0.2) is 24.3 Å². The number of carbonyl (C=O) groups is 2. The third-order valence-electron chi connectivity index (χ3n) is 3.57. The molecule has 1 unspecified atom stereocenters. The van der Waals surface area contributed by atoms with Crippen LogP contribution >= 0.6 is 0 Å². The second kappa shape index (κ2) is 9.13. The van der Waals surface area contributed by atoms with Crippen molar-refractivity contribution < 1.29 is 14.7 Å². The van der Waals surface area contributed by atoms with Gasteiger partial charge in [0.15, 0.2) is 0 Å². The van der Waals surface area contributed by atoms with E-state index in [1.54, 1.807) is 24.3 Å². The van der Waals surface area contributed by atoms with Gasteiger partial charge in [-0.3, -0.25) is 9.59 Å². The largest absolute Gasteiger partial charge is 0.481 e. The SMILES string of the molecule is CCC(CCN)CCC(=O)Nc1ccccc1CC(=O)O. The van der Waals surface area contributed by atoms with Crippen molar-refractivity contribution in [3.05, 3.63) is 29.8 Å². The minimum Gasteiger partial charge on any atom is -0.481 e. The minimum absolute atomic E-state index is 0.0803. The smallest absolute Gasteiger partial charge is 0.307 e. The highest BCUT2D eigenvalue weighted by atomic mass is 16.4. The summed E-state index contributed by atoms with van der Waals surface area (Å²) in [7, 11) is 0. The molecule has 21 heavy (non-hydrogen) atoms. The Kier molecular flexibility index (Phi) is 7.46. The van der Waals surface area contributed by atoms with Gasteiger partial charge in [0.05, 0.1) is 6.42 Å². The van der Waals surface area contributed by atoms with E-state index in [0.29, 0.717) is 30.1 Å². The summed E-state index contributed by atoms with van der Waals surface area (Å²) in [6.45, 7) is 2.74. The molecule has 0 radical (unpaired) electrons. The lowest BCUT2D eigenvalue weighted by Crippen LogP contribution is -2.16. The fraction of sp³-hybridized carbons (Fsp3) is 0.500. The minimum atomic E-state index is -0.911. The Bertz CT molecular complexity index is 474. The standard InChI is InChI=1S/C16H24N2O3/c1-2-12(9-10-17)7-8-15(19)18-14-6-4-3-5-13(14)11-16(20)21/h3-6,12H,2,7-11,17H2,1H3,(H,18,19)(H,20,21). The molecule has 1 aromatic carbocycles. The summed E-state index contributed by atoms with van der Waals surface area (Å²) < 4.78 is 0. The molecule has 5 nitrogen and oxygen atoms in total. The Morgan fingerprint density at radius 2 is 2.00 bits per heavy atom. The normalized spacial score (nSPS) is 11.9. The Balaban J connectivity index is 2.56. The van der Waals surface area contributed by atoms with Gasteiger partial charge in [0.1, 0.15) is 0 Å². The third kappa shape index (κ3) is 6.40. The summed E-state index contributed by atoms with van der Waals surface area (Å²) in [4.78, 5) is 22.8. The number of hydrogen-bond donors (Lipinski definition) is 3. The maximum atomic E-state index is 12.0. The number of benzene rings is 1. The van der Waals surface area contributed by atoms with Gasteiger partial charge in [-0.15, -0.1) is 0 Å². The number of nitrogens with two attached hydrogens (primary N) is 1. The van der Waals surface area contributed by atoms with Crippen molar-refractivity contribution in [3.8, 4) is 0 Å². The molecule has 1 rings (SSSR count). The van der Waals surface area contributed by atoms with Crippen molar-refractivity contribution >= 4 is 17.6 Å². The van der Waals surface area contributed by atoms with Gasteiger partial charge >= 0.3 is 5.97 Å². The summed E-state index contributed by atoms with van der Waals surface area (Å²) in [6, 6.07) is 6.99. The summed E-state index contributed by atoms with van der Waals surface area (Å²) in [5, 5.41) is 11.7. The molecule has 0 saturated carbocycles. The average Bonchev–Trinajstić information content (AvgIpc) is 2.45. The zero-order valence-corrected chi connectivity index (χ0v) is 12.5. The van der Waals surface area contributed by atoms with E-state index in [1.165, 1.54) is 0 Å². The average molecular weight is 292 g/mol. The molecular formula is C16H24N2O3. The van der Waals surface area contributed by atoms with Gasteiger partial charge in [0.2, 0.25) is 5.91 Å². The molecule has 0 saturated heterocycles.